The molecule has 0 aromatic heterocycles. The van der Waals surface area contributed by atoms with Gasteiger partial charge in [-0.3, -0.25) is 0 Å². The molecule has 1 saturated heterocycles. The summed E-state index contributed by atoms with van der Waals surface area (Å²) in [4.78, 5) is 0.460. The van der Waals surface area contributed by atoms with Crippen LogP contribution in [0.25, 0.3) is 0 Å². The van der Waals surface area contributed by atoms with E-state index in [-0.39, 0.29) is 18.4 Å². The monoisotopic (exact) mass is 316 g/mol. The third kappa shape index (κ3) is 2.72. The average Bonchev–Trinajstić information content (AvgIpc) is 2.86. The van der Waals surface area contributed by atoms with E-state index >= 15 is 0 Å². The van der Waals surface area contributed by atoms with Crippen molar-refractivity contribution < 1.29 is 8.42 Å². The number of rotatable bonds is 2. The molecule has 2 aliphatic rings. The number of fused-ring (bicyclic) bond motifs is 1. The van der Waals surface area contributed by atoms with E-state index in [1.807, 2.05) is 19.1 Å². The normalized spacial score (nSPS) is 23.1. The molecule has 1 aromatic rings. The Morgan fingerprint density at radius 2 is 2.00 bits per heavy atom. The molecule has 1 atom stereocenters. The molecular weight excluding hydrogens is 296 g/mol. The predicted octanol–water partition coefficient (Wildman–Crippen LogP) is 1.58. The summed E-state index contributed by atoms with van der Waals surface area (Å²) in [5.74, 6) is 0. The van der Waals surface area contributed by atoms with Crippen molar-refractivity contribution in [1.29, 1.82) is 0 Å². The minimum absolute atomic E-state index is 0. The highest BCUT2D eigenvalue weighted by Crippen LogP contribution is 2.27. The van der Waals surface area contributed by atoms with Gasteiger partial charge in [-0.25, -0.2) is 8.42 Å². The van der Waals surface area contributed by atoms with Crippen LogP contribution in [-0.2, 0) is 22.9 Å². The highest BCUT2D eigenvalue weighted by atomic mass is 35.5. The Morgan fingerprint density at radius 3 is 2.75 bits per heavy atom. The first-order valence-electron chi connectivity index (χ1n) is 6.93. The fourth-order valence-electron chi connectivity index (χ4n) is 3.02. The van der Waals surface area contributed by atoms with E-state index in [0.29, 0.717) is 11.4 Å². The first-order chi connectivity index (χ1) is 9.09. The molecule has 4 nitrogen and oxygen atoms in total. The molecule has 0 bridgehead atoms. The zero-order valence-electron chi connectivity index (χ0n) is 11.6. The standard InChI is InChI=1S/C14H20N2O2S.ClH/c1-11-10-15-7-8-16(11)19(17,18)14-6-5-12-3-2-4-13(12)9-14;/h5-6,9,11,15H,2-4,7-8,10H2,1H3;1H/t11-;/m1./s1. The number of hydrogen-bond donors (Lipinski definition) is 1. The Morgan fingerprint density at radius 1 is 1.25 bits per heavy atom. The number of halogens is 1. The summed E-state index contributed by atoms with van der Waals surface area (Å²) in [7, 11) is -3.34. The van der Waals surface area contributed by atoms with Crippen LogP contribution in [0.15, 0.2) is 23.1 Å². The van der Waals surface area contributed by atoms with E-state index in [1.54, 1.807) is 10.4 Å². The van der Waals surface area contributed by atoms with Gasteiger partial charge in [0.2, 0.25) is 10.0 Å². The Hall–Kier alpha value is -0.620. The van der Waals surface area contributed by atoms with Crippen molar-refractivity contribution in [1.82, 2.24) is 9.62 Å². The van der Waals surface area contributed by atoms with Crippen LogP contribution in [0.5, 0.6) is 0 Å². The number of piperazine rings is 1. The second-order valence-corrected chi connectivity index (χ2v) is 7.34. The van der Waals surface area contributed by atoms with Crippen molar-refractivity contribution in [2.24, 2.45) is 0 Å². The van der Waals surface area contributed by atoms with E-state index < -0.39 is 10.0 Å². The van der Waals surface area contributed by atoms with Crippen molar-refractivity contribution in [3.05, 3.63) is 29.3 Å². The van der Waals surface area contributed by atoms with E-state index in [0.717, 1.165) is 32.4 Å². The summed E-state index contributed by atoms with van der Waals surface area (Å²) >= 11 is 0. The number of nitrogens with zero attached hydrogens (tertiary/aromatic N) is 1. The molecule has 6 heteroatoms. The minimum atomic E-state index is -3.34. The first-order valence-corrected chi connectivity index (χ1v) is 8.37. The van der Waals surface area contributed by atoms with Gasteiger partial charge in [-0.15, -0.1) is 12.4 Å². The van der Waals surface area contributed by atoms with Gasteiger partial charge in [0.15, 0.2) is 0 Å². The highest BCUT2D eigenvalue weighted by molar-refractivity contribution is 7.89. The maximum atomic E-state index is 12.7. The molecule has 1 aromatic carbocycles. The van der Waals surface area contributed by atoms with Crippen molar-refractivity contribution in [3.8, 4) is 0 Å². The summed E-state index contributed by atoms with van der Waals surface area (Å²) < 4.78 is 27.0. The van der Waals surface area contributed by atoms with Crippen molar-refractivity contribution in [3.63, 3.8) is 0 Å². The molecule has 0 amide bonds. The van der Waals surface area contributed by atoms with Crippen LogP contribution < -0.4 is 5.32 Å². The van der Waals surface area contributed by atoms with Crippen LogP contribution in [0.4, 0.5) is 0 Å². The van der Waals surface area contributed by atoms with Gasteiger partial charge in [0.1, 0.15) is 0 Å². The maximum Gasteiger partial charge on any atom is 0.243 e. The van der Waals surface area contributed by atoms with Gasteiger partial charge in [0.05, 0.1) is 4.90 Å². The van der Waals surface area contributed by atoms with Gasteiger partial charge in [-0.2, -0.15) is 4.31 Å². The van der Waals surface area contributed by atoms with E-state index in [1.165, 1.54) is 11.1 Å². The Balaban J connectivity index is 0.00000147. The molecule has 1 fully saturated rings. The van der Waals surface area contributed by atoms with E-state index in [9.17, 15) is 8.42 Å². The van der Waals surface area contributed by atoms with Crippen LogP contribution in [0, 0.1) is 0 Å². The van der Waals surface area contributed by atoms with Gasteiger partial charge in [0, 0.05) is 25.7 Å². The molecule has 20 heavy (non-hydrogen) atoms. The van der Waals surface area contributed by atoms with Gasteiger partial charge < -0.3 is 5.32 Å². The van der Waals surface area contributed by atoms with Gasteiger partial charge >= 0.3 is 0 Å². The number of benzene rings is 1. The SMILES string of the molecule is C[C@@H]1CNCCN1S(=O)(=O)c1ccc2c(c1)CCC2.Cl. The second-order valence-electron chi connectivity index (χ2n) is 5.45. The first kappa shape index (κ1) is 15.8. The van der Waals surface area contributed by atoms with Gasteiger partial charge in [-0.1, -0.05) is 6.07 Å². The fraction of sp³-hybridized carbons (Fsp3) is 0.571. The molecule has 1 N–H and O–H groups in total. The number of aryl methyl sites for hydroxylation is 2. The molecule has 0 unspecified atom stereocenters. The quantitative estimate of drug-likeness (QED) is 0.901. The number of nitrogens with one attached hydrogen (secondary N) is 1. The maximum absolute atomic E-state index is 12.7. The Labute approximate surface area is 127 Å². The third-order valence-corrected chi connectivity index (χ3v) is 6.13. The lowest BCUT2D eigenvalue weighted by Gasteiger charge is -2.32. The molecule has 0 saturated carbocycles. The molecule has 0 radical (unpaired) electrons. The zero-order valence-corrected chi connectivity index (χ0v) is 13.3. The van der Waals surface area contributed by atoms with E-state index in [4.69, 9.17) is 0 Å². The smallest absolute Gasteiger partial charge is 0.243 e. The lowest BCUT2D eigenvalue weighted by Crippen LogP contribution is -2.52. The van der Waals surface area contributed by atoms with Crippen LogP contribution in [0.2, 0.25) is 0 Å². The summed E-state index contributed by atoms with van der Waals surface area (Å²) in [6.45, 7) is 3.97. The molecule has 112 valence electrons. The zero-order chi connectivity index (χ0) is 13.5. The second kappa shape index (κ2) is 6.02. The van der Waals surface area contributed by atoms with Crippen LogP contribution in [0.3, 0.4) is 0 Å². The highest BCUT2D eigenvalue weighted by Gasteiger charge is 2.31. The Bertz CT molecular complexity index is 589. The molecular formula is C14H21ClN2O2S. The number of hydrogen-bond acceptors (Lipinski definition) is 3. The van der Waals surface area contributed by atoms with Crippen molar-refractivity contribution >= 4 is 22.4 Å². The molecule has 3 rings (SSSR count). The van der Waals surface area contributed by atoms with Gasteiger partial charge in [-0.05, 0) is 49.4 Å². The molecule has 1 aliphatic heterocycles. The summed E-state index contributed by atoms with van der Waals surface area (Å²) in [6, 6.07) is 5.66. The molecule has 1 aliphatic carbocycles. The lowest BCUT2D eigenvalue weighted by atomic mass is 10.1. The average molecular weight is 317 g/mol. The fourth-order valence-corrected chi connectivity index (χ4v) is 4.71. The van der Waals surface area contributed by atoms with E-state index in [2.05, 4.69) is 5.32 Å². The predicted molar refractivity (Wildman–Crippen MR) is 81.9 cm³/mol. The Kier molecular flexibility index (Phi) is 4.74. The summed E-state index contributed by atoms with van der Waals surface area (Å²) in [5.41, 5.74) is 2.52. The molecule has 1 heterocycles. The van der Waals surface area contributed by atoms with Crippen molar-refractivity contribution in [2.45, 2.75) is 37.1 Å². The van der Waals surface area contributed by atoms with Crippen LogP contribution >= 0.6 is 12.4 Å². The van der Waals surface area contributed by atoms with Crippen molar-refractivity contribution in [2.75, 3.05) is 19.6 Å². The van der Waals surface area contributed by atoms with Gasteiger partial charge in [0.25, 0.3) is 0 Å². The largest absolute Gasteiger partial charge is 0.314 e. The number of sulfonamides is 1. The van der Waals surface area contributed by atoms with Crippen LogP contribution in [0.1, 0.15) is 24.5 Å². The minimum Gasteiger partial charge on any atom is -0.314 e. The summed E-state index contributed by atoms with van der Waals surface area (Å²) in [6.07, 6.45) is 3.23. The third-order valence-electron chi connectivity index (χ3n) is 4.12. The summed E-state index contributed by atoms with van der Waals surface area (Å²) in [5, 5.41) is 3.22. The lowest BCUT2D eigenvalue weighted by molar-refractivity contribution is 0.284. The molecule has 0 spiro atoms. The van der Waals surface area contributed by atoms with Crippen LogP contribution in [-0.4, -0.2) is 38.4 Å². The topological polar surface area (TPSA) is 49.4 Å².